The molecule has 8 rings (SSSR count). The molecule has 5 aromatic carbocycles. The number of rotatable bonds is 4. The number of benzene rings is 5. The van der Waals surface area contributed by atoms with Crippen LogP contribution in [0, 0.1) is 0 Å². The molecule has 1 aliphatic rings. The third-order valence-corrected chi connectivity index (χ3v) is 7.69. The minimum Gasteiger partial charge on any atom is -0.276 e. The van der Waals surface area contributed by atoms with Gasteiger partial charge < -0.3 is 0 Å². The zero-order chi connectivity index (χ0) is 27.2. The van der Waals surface area contributed by atoms with Crippen LogP contribution in [0.3, 0.4) is 0 Å². The van der Waals surface area contributed by atoms with Crippen molar-refractivity contribution < 1.29 is 0 Å². The average molecular weight is 525 g/mol. The van der Waals surface area contributed by atoms with E-state index in [0.29, 0.717) is 5.95 Å². The van der Waals surface area contributed by atoms with Crippen molar-refractivity contribution in [2.24, 2.45) is 0 Å². The SMILES string of the molecule is c1ccc(-c2cc3c4c(cccc4c2)N(c2nc(-c4ccccc4)cc(-c4ccccc4)n2)c2cnccc2-3)cc1. The zero-order valence-electron chi connectivity index (χ0n) is 22.1. The van der Waals surface area contributed by atoms with Gasteiger partial charge >= 0.3 is 0 Å². The topological polar surface area (TPSA) is 41.9 Å². The lowest BCUT2D eigenvalue weighted by Crippen LogP contribution is -2.18. The third-order valence-electron chi connectivity index (χ3n) is 7.69. The van der Waals surface area contributed by atoms with Crippen LogP contribution < -0.4 is 4.90 Å². The highest BCUT2D eigenvalue weighted by Crippen LogP contribution is 2.51. The van der Waals surface area contributed by atoms with E-state index in [9.17, 15) is 0 Å². The number of hydrogen-bond donors (Lipinski definition) is 0. The normalized spacial score (nSPS) is 11.9. The highest BCUT2D eigenvalue weighted by atomic mass is 15.3. The van der Waals surface area contributed by atoms with Gasteiger partial charge in [0.25, 0.3) is 0 Å². The van der Waals surface area contributed by atoms with E-state index in [4.69, 9.17) is 9.97 Å². The number of fused-ring (bicyclic) bond motifs is 2. The van der Waals surface area contributed by atoms with Crippen molar-refractivity contribution in [3.63, 3.8) is 0 Å². The smallest absolute Gasteiger partial charge is 0.235 e. The van der Waals surface area contributed by atoms with Gasteiger partial charge in [0.1, 0.15) is 0 Å². The Balaban J connectivity index is 1.41. The van der Waals surface area contributed by atoms with Gasteiger partial charge in [0.2, 0.25) is 5.95 Å². The average Bonchev–Trinajstić information content (AvgIpc) is 3.06. The molecule has 41 heavy (non-hydrogen) atoms. The van der Waals surface area contributed by atoms with Gasteiger partial charge in [-0.15, -0.1) is 0 Å². The van der Waals surface area contributed by atoms with Crippen molar-refractivity contribution in [1.29, 1.82) is 0 Å². The summed E-state index contributed by atoms with van der Waals surface area (Å²) >= 11 is 0. The number of aromatic nitrogens is 3. The summed E-state index contributed by atoms with van der Waals surface area (Å²) in [5.74, 6) is 0.616. The van der Waals surface area contributed by atoms with Crippen LogP contribution in [0.4, 0.5) is 17.3 Å². The second-order valence-electron chi connectivity index (χ2n) is 10.2. The molecule has 3 heterocycles. The number of nitrogens with zero attached hydrogens (tertiary/aromatic N) is 4. The Bertz CT molecular complexity index is 1980. The van der Waals surface area contributed by atoms with Gasteiger partial charge in [0, 0.05) is 28.3 Å². The molecular formula is C37H24N4. The van der Waals surface area contributed by atoms with Gasteiger partial charge in [-0.1, -0.05) is 103 Å². The van der Waals surface area contributed by atoms with E-state index < -0.39 is 0 Å². The van der Waals surface area contributed by atoms with Crippen LogP contribution in [0.25, 0.3) is 55.5 Å². The summed E-state index contributed by atoms with van der Waals surface area (Å²) in [6, 6.07) is 46.3. The number of pyridine rings is 1. The fraction of sp³-hybridized carbons (Fsp3) is 0. The minimum absolute atomic E-state index is 0.616. The lowest BCUT2D eigenvalue weighted by atomic mass is 9.89. The monoisotopic (exact) mass is 524 g/mol. The molecule has 1 aliphatic heterocycles. The van der Waals surface area contributed by atoms with Crippen LogP contribution in [0.15, 0.2) is 146 Å². The molecule has 0 saturated carbocycles. The first-order valence-electron chi connectivity index (χ1n) is 13.7. The Morgan fingerprint density at radius 1 is 0.463 bits per heavy atom. The standard InChI is InChI=1S/C37H24N4/c1-4-11-25(12-5-1)29-21-28-17-10-18-34-36(28)31(22-29)30-19-20-38-24-35(30)41(34)37-39-32(26-13-6-2-7-14-26)23-33(40-37)27-15-8-3-9-16-27/h1-24H. The van der Waals surface area contributed by atoms with Crippen molar-refractivity contribution in [2.45, 2.75) is 0 Å². The molecule has 0 amide bonds. The molecule has 0 saturated heterocycles. The first kappa shape index (κ1) is 23.3. The molecule has 4 nitrogen and oxygen atoms in total. The molecule has 0 bridgehead atoms. The maximum atomic E-state index is 5.16. The number of anilines is 3. The van der Waals surface area contributed by atoms with Gasteiger partial charge in [0.15, 0.2) is 0 Å². The van der Waals surface area contributed by atoms with E-state index in [1.165, 1.54) is 27.5 Å². The lowest BCUT2D eigenvalue weighted by molar-refractivity contribution is 1.08. The second kappa shape index (κ2) is 9.54. The highest BCUT2D eigenvalue weighted by molar-refractivity contribution is 6.14. The van der Waals surface area contributed by atoms with Crippen molar-refractivity contribution in [3.05, 3.63) is 146 Å². The Labute approximate surface area is 238 Å². The molecule has 0 radical (unpaired) electrons. The fourth-order valence-corrected chi connectivity index (χ4v) is 5.79. The molecule has 7 aromatic rings. The summed E-state index contributed by atoms with van der Waals surface area (Å²) in [6.07, 6.45) is 3.79. The predicted octanol–water partition coefficient (Wildman–Crippen LogP) is 9.48. The second-order valence-corrected chi connectivity index (χ2v) is 10.2. The van der Waals surface area contributed by atoms with Crippen molar-refractivity contribution >= 4 is 28.1 Å². The molecule has 0 atom stereocenters. The predicted molar refractivity (Wildman–Crippen MR) is 167 cm³/mol. The summed E-state index contributed by atoms with van der Waals surface area (Å²) in [4.78, 5) is 17.0. The first-order valence-corrected chi connectivity index (χ1v) is 13.7. The van der Waals surface area contributed by atoms with Crippen LogP contribution in [-0.4, -0.2) is 15.0 Å². The molecule has 0 fully saturated rings. The molecular weight excluding hydrogens is 500 g/mol. The van der Waals surface area contributed by atoms with E-state index in [2.05, 4.69) is 107 Å². The number of hydrogen-bond acceptors (Lipinski definition) is 4. The molecule has 0 unspecified atom stereocenters. The van der Waals surface area contributed by atoms with Gasteiger partial charge in [-0.3, -0.25) is 9.88 Å². The van der Waals surface area contributed by atoms with E-state index >= 15 is 0 Å². The van der Waals surface area contributed by atoms with Crippen molar-refractivity contribution in [1.82, 2.24) is 15.0 Å². The summed E-state index contributed by atoms with van der Waals surface area (Å²) in [6.45, 7) is 0. The van der Waals surface area contributed by atoms with E-state index in [-0.39, 0.29) is 0 Å². The molecule has 192 valence electrons. The largest absolute Gasteiger partial charge is 0.276 e. The van der Waals surface area contributed by atoms with E-state index in [1.54, 1.807) is 0 Å². The van der Waals surface area contributed by atoms with Crippen molar-refractivity contribution in [3.8, 4) is 44.8 Å². The minimum atomic E-state index is 0.616. The van der Waals surface area contributed by atoms with Crippen LogP contribution in [0.5, 0.6) is 0 Å². The van der Waals surface area contributed by atoms with Gasteiger partial charge in [-0.05, 0) is 52.4 Å². The summed E-state index contributed by atoms with van der Waals surface area (Å²) < 4.78 is 0. The van der Waals surface area contributed by atoms with Crippen LogP contribution in [0.1, 0.15) is 0 Å². The zero-order valence-corrected chi connectivity index (χ0v) is 22.1. The van der Waals surface area contributed by atoms with Crippen LogP contribution in [0.2, 0.25) is 0 Å². The quantitative estimate of drug-likeness (QED) is 0.230. The maximum absolute atomic E-state index is 5.16. The third kappa shape index (κ3) is 3.97. The van der Waals surface area contributed by atoms with Gasteiger partial charge in [-0.25, -0.2) is 9.97 Å². The van der Waals surface area contributed by atoms with E-state index in [1.807, 2.05) is 48.8 Å². The van der Waals surface area contributed by atoms with Crippen LogP contribution in [-0.2, 0) is 0 Å². The summed E-state index contributed by atoms with van der Waals surface area (Å²) in [5.41, 5.74) is 10.5. The fourth-order valence-electron chi connectivity index (χ4n) is 5.79. The molecule has 0 spiro atoms. The Morgan fingerprint density at radius 3 is 1.76 bits per heavy atom. The lowest BCUT2D eigenvalue weighted by Gasteiger charge is -2.32. The van der Waals surface area contributed by atoms with Gasteiger partial charge in [0.05, 0.1) is 29.0 Å². The van der Waals surface area contributed by atoms with Crippen LogP contribution >= 0.6 is 0 Å². The van der Waals surface area contributed by atoms with Gasteiger partial charge in [-0.2, -0.15) is 0 Å². The van der Waals surface area contributed by atoms with E-state index in [0.717, 1.165) is 39.5 Å². The summed E-state index contributed by atoms with van der Waals surface area (Å²) in [5, 5.41) is 2.36. The Kier molecular flexibility index (Phi) is 5.42. The Morgan fingerprint density at radius 2 is 1.10 bits per heavy atom. The first-order chi connectivity index (χ1) is 20.3. The molecule has 2 aromatic heterocycles. The maximum Gasteiger partial charge on any atom is 0.235 e. The molecule has 0 aliphatic carbocycles. The molecule has 4 heteroatoms. The highest BCUT2D eigenvalue weighted by Gasteiger charge is 2.29. The summed E-state index contributed by atoms with van der Waals surface area (Å²) in [7, 11) is 0. The van der Waals surface area contributed by atoms with Crippen molar-refractivity contribution in [2.75, 3.05) is 4.90 Å². The Hall–Kier alpha value is -5.61. The molecule has 0 N–H and O–H groups in total.